The predicted octanol–water partition coefficient (Wildman–Crippen LogP) is 2.70. The Morgan fingerprint density at radius 3 is 2.49 bits per heavy atom. The van der Waals surface area contributed by atoms with Crippen molar-refractivity contribution in [3.8, 4) is 6.07 Å². The molecule has 6 atom stereocenters. The van der Waals surface area contributed by atoms with Gasteiger partial charge in [-0.05, 0) is 47.6 Å². The van der Waals surface area contributed by atoms with E-state index in [4.69, 9.17) is 0 Å². The zero-order valence-corrected chi connectivity index (χ0v) is 22.1. The molecule has 3 N–H and O–H groups in total. The fourth-order valence-electron chi connectivity index (χ4n) is 6.09. The predicted molar refractivity (Wildman–Crippen MR) is 134 cm³/mol. The molecule has 1 unspecified atom stereocenters. The molecule has 2 fully saturated rings. The second-order valence-electron chi connectivity index (χ2n) is 11.6. The lowest BCUT2D eigenvalue weighted by molar-refractivity contribution is -0.175. The van der Waals surface area contributed by atoms with Crippen molar-refractivity contribution in [1.29, 1.82) is 5.26 Å². The van der Waals surface area contributed by atoms with Crippen molar-refractivity contribution in [3.63, 3.8) is 0 Å². The zero-order valence-electron chi connectivity index (χ0n) is 22.1. The highest BCUT2D eigenvalue weighted by molar-refractivity contribution is 6.03. The van der Waals surface area contributed by atoms with E-state index >= 15 is 0 Å². The Bertz CT molecular complexity index is 1220. The van der Waals surface area contributed by atoms with E-state index in [1.807, 2.05) is 19.9 Å². The summed E-state index contributed by atoms with van der Waals surface area (Å²) in [5.74, 6) is -5.04. The molecule has 1 saturated heterocycles. The van der Waals surface area contributed by atoms with E-state index < -0.39 is 47.9 Å². The van der Waals surface area contributed by atoms with Crippen LogP contribution >= 0.6 is 0 Å². The van der Waals surface area contributed by atoms with Crippen molar-refractivity contribution in [2.45, 2.75) is 70.8 Å². The van der Waals surface area contributed by atoms with Crippen molar-refractivity contribution in [2.24, 2.45) is 23.2 Å². The number of anilines is 1. The number of rotatable bonds is 8. The first-order chi connectivity index (χ1) is 18.2. The molecular weight excluding hydrogens is 515 g/mol. The zero-order chi connectivity index (χ0) is 28.9. The van der Waals surface area contributed by atoms with Gasteiger partial charge in [0.15, 0.2) is 0 Å². The van der Waals surface area contributed by atoms with Gasteiger partial charge in [-0.15, -0.1) is 0 Å². The van der Waals surface area contributed by atoms with Crippen LogP contribution in [0.1, 0.15) is 52.0 Å². The standard InChI is InChI=1S/C27H32F3N5O4/c1-13(2)9-19(34-25(39)27(28,29)30)24(38)35-12-17-20(26(17,3)4)21(35)23(37)32-14(11-31)10-16-15-7-5-6-8-18(15)33-22(16)36/h5-8,13-14,16-17,19-21H,9-10,12H2,1-4H3,(H,32,37)(H,33,36)(H,34,39)/t14-,16?,17-,19-,20+,21-/m0/s1. The number of benzene rings is 1. The Hall–Kier alpha value is -3.62. The molecule has 2 aliphatic heterocycles. The third kappa shape index (κ3) is 5.44. The van der Waals surface area contributed by atoms with Crippen LogP contribution in [-0.2, 0) is 19.2 Å². The molecule has 9 nitrogen and oxygen atoms in total. The van der Waals surface area contributed by atoms with Crippen LogP contribution in [0.25, 0.3) is 0 Å². The number of carbonyl (C=O) groups excluding carboxylic acids is 4. The third-order valence-electron chi connectivity index (χ3n) is 8.18. The number of nitrogens with zero attached hydrogens (tertiary/aromatic N) is 2. The number of hydrogen-bond donors (Lipinski definition) is 3. The fourth-order valence-corrected chi connectivity index (χ4v) is 6.09. The van der Waals surface area contributed by atoms with Crippen LogP contribution < -0.4 is 16.0 Å². The Balaban J connectivity index is 1.52. The maximum atomic E-state index is 13.6. The van der Waals surface area contributed by atoms with Gasteiger partial charge in [-0.2, -0.15) is 18.4 Å². The highest BCUT2D eigenvalue weighted by atomic mass is 19.4. The van der Waals surface area contributed by atoms with Crippen LogP contribution in [0.2, 0.25) is 0 Å². The fraction of sp³-hybridized carbons (Fsp3) is 0.593. The maximum Gasteiger partial charge on any atom is 0.471 e. The highest BCUT2D eigenvalue weighted by Gasteiger charge is 2.69. The molecule has 0 bridgehead atoms. The van der Waals surface area contributed by atoms with Gasteiger partial charge in [0.1, 0.15) is 18.1 Å². The maximum absolute atomic E-state index is 13.6. The molecule has 2 heterocycles. The molecule has 4 amide bonds. The lowest BCUT2D eigenvalue weighted by Crippen LogP contribution is -2.58. The molecule has 3 aliphatic rings. The van der Waals surface area contributed by atoms with Gasteiger partial charge in [-0.3, -0.25) is 19.2 Å². The topological polar surface area (TPSA) is 131 Å². The van der Waals surface area contributed by atoms with Crippen LogP contribution in [-0.4, -0.2) is 59.4 Å². The minimum absolute atomic E-state index is 0.0147. The van der Waals surface area contributed by atoms with Gasteiger partial charge in [-0.1, -0.05) is 45.9 Å². The number of amides is 4. The number of nitriles is 1. The van der Waals surface area contributed by atoms with Crippen molar-refractivity contribution >= 4 is 29.3 Å². The number of likely N-dealkylation sites (tertiary alicyclic amines) is 1. The van der Waals surface area contributed by atoms with E-state index in [2.05, 4.69) is 10.6 Å². The van der Waals surface area contributed by atoms with E-state index in [0.29, 0.717) is 5.69 Å². The minimum atomic E-state index is -5.16. The summed E-state index contributed by atoms with van der Waals surface area (Å²) in [6.45, 7) is 7.47. The summed E-state index contributed by atoms with van der Waals surface area (Å²) in [5, 5.41) is 17.0. The molecule has 210 valence electrons. The number of fused-ring (bicyclic) bond motifs is 2. The number of piperidine rings is 1. The molecule has 1 aliphatic carbocycles. The van der Waals surface area contributed by atoms with E-state index in [1.54, 1.807) is 43.4 Å². The Morgan fingerprint density at radius 2 is 1.87 bits per heavy atom. The van der Waals surface area contributed by atoms with Crippen molar-refractivity contribution in [3.05, 3.63) is 29.8 Å². The second kappa shape index (κ2) is 10.2. The molecule has 39 heavy (non-hydrogen) atoms. The van der Waals surface area contributed by atoms with E-state index in [1.165, 1.54) is 4.90 Å². The van der Waals surface area contributed by atoms with Gasteiger partial charge >= 0.3 is 12.1 Å². The smallest absolute Gasteiger partial charge is 0.339 e. The number of alkyl halides is 3. The van der Waals surface area contributed by atoms with Crippen LogP contribution in [0.5, 0.6) is 0 Å². The lowest BCUT2D eigenvalue weighted by Gasteiger charge is -2.34. The summed E-state index contributed by atoms with van der Waals surface area (Å²) in [6.07, 6.45) is -5.19. The van der Waals surface area contributed by atoms with Crippen LogP contribution in [0.3, 0.4) is 0 Å². The lowest BCUT2D eigenvalue weighted by atomic mass is 9.93. The van der Waals surface area contributed by atoms with Gasteiger partial charge in [0.2, 0.25) is 17.7 Å². The van der Waals surface area contributed by atoms with Crippen LogP contribution in [0.4, 0.5) is 18.9 Å². The highest BCUT2D eigenvalue weighted by Crippen LogP contribution is 2.65. The quantitative estimate of drug-likeness (QED) is 0.461. The van der Waals surface area contributed by atoms with E-state index in [9.17, 15) is 37.6 Å². The largest absolute Gasteiger partial charge is 0.471 e. The van der Waals surface area contributed by atoms with E-state index in [0.717, 1.165) is 5.56 Å². The number of nitrogens with one attached hydrogen (secondary N) is 3. The average molecular weight is 548 g/mol. The molecule has 1 aromatic carbocycles. The summed E-state index contributed by atoms with van der Waals surface area (Å²) in [4.78, 5) is 52.5. The molecule has 0 radical (unpaired) electrons. The van der Waals surface area contributed by atoms with Crippen LogP contribution in [0, 0.1) is 34.5 Å². The Kier molecular flexibility index (Phi) is 7.40. The Morgan fingerprint density at radius 1 is 1.21 bits per heavy atom. The number of para-hydroxylation sites is 1. The van der Waals surface area contributed by atoms with Crippen molar-refractivity contribution < 1.29 is 32.3 Å². The van der Waals surface area contributed by atoms with Gasteiger partial charge in [-0.25, -0.2) is 0 Å². The molecule has 0 spiro atoms. The normalized spacial score (nSPS) is 26.1. The van der Waals surface area contributed by atoms with Gasteiger partial charge in [0, 0.05) is 12.2 Å². The first kappa shape index (κ1) is 28.4. The van der Waals surface area contributed by atoms with E-state index in [-0.39, 0.29) is 48.5 Å². The molecular formula is C27H32F3N5O4. The molecule has 1 saturated carbocycles. The van der Waals surface area contributed by atoms with Gasteiger partial charge in [0.25, 0.3) is 0 Å². The molecule has 12 heteroatoms. The first-order valence-electron chi connectivity index (χ1n) is 12.9. The van der Waals surface area contributed by atoms with Gasteiger partial charge < -0.3 is 20.9 Å². The summed E-state index contributed by atoms with van der Waals surface area (Å²) in [7, 11) is 0. The summed E-state index contributed by atoms with van der Waals surface area (Å²) >= 11 is 0. The second-order valence-corrected chi connectivity index (χ2v) is 11.6. The number of halogens is 3. The molecule has 0 aromatic heterocycles. The number of hydrogen-bond acceptors (Lipinski definition) is 5. The number of carbonyl (C=O) groups is 4. The summed E-state index contributed by atoms with van der Waals surface area (Å²) in [5.41, 5.74) is 1.08. The van der Waals surface area contributed by atoms with Crippen molar-refractivity contribution in [2.75, 3.05) is 11.9 Å². The SMILES string of the molecule is CC(C)C[C@H](NC(=O)C(F)(F)F)C(=O)N1C[C@H]2[C@H]([C@H]1C(=O)N[C@H](C#N)CC1C(=O)Nc3ccccc31)C2(C)C. The van der Waals surface area contributed by atoms with Crippen LogP contribution in [0.15, 0.2) is 24.3 Å². The summed E-state index contributed by atoms with van der Waals surface area (Å²) in [6, 6.07) is 5.56. The summed E-state index contributed by atoms with van der Waals surface area (Å²) < 4.78 is 38.9. The Labute approximate surface area is 224 Å². The monoisotopic (exact) mass is 547 g/mol. The van der Waals surface area contributed by atoms with Gasteiger partial charge in [0.05, 0.1) is 12.0 Å². The molecule has 4 rings (SSSR count). The molecule has 1 aromatic rings. The van der Waals surface area contributed by atoms with Crippen molar-refractivity contribution in [1.82, 2.24) is 15.5 Å². The third-order valence-corrected chi connectivity index (χ3v) is 8.18. The average Bonchev–Trinajstić information content (AvgIpc) is 3.16. The minimum Gasteiger partial charge on any atom is -0.339 e. The first-order valence-corrected chi connectivity index (χ1v) is 12.9.